The molecule has 0 radical (unpaired) electrons. The molecule has 0 aliphatic heterocycles. The summed E-state index contributed by atoms with van der Waals surface area (Å²) in [5.41, 5.74) is 1.04. The number of nitrogens with one attached hydrogen (secondary N) is 1. The molecule has 7 heteroatoms. The van der Waals surface area contributed by atoms with E-state index in [9.17, 15) is 17.6 Å². The van der Waals surface area contributed by atoms with Crippen molar-refractivity contribution in [3.05, 3.63) is 71.3 Å². The Morgan fingerprint density at radius 1 is 1.10 bits per heavy atom. The number of hydrogen-bond donors (Lipinski definition) is 1. The normalized spacial score (nSPS) is 19.2. The van der Waals surface area contributed by atoms with Crippen LogP contribution in [0.1, 0.15) is 29.5 Å². The minimum Gasteiger partial charge on any atom is -0.490 e. The SMILES string of the molecule is Cc1ccc(CN[C@H]2C[C@H](Oc3ccc(F)c(C(F)(F)F)c3)C2)c2ccncc12. The average Bonchev–Trinajstić information content (AvgIpc) is 2.65. The molecule has 3 aromatic rings. The van der Waals surface area contributed by atoms with Crippen LogP contribution in [0.15, 0.2) is 48.8 Å². The predicted octanol–water partition coefficient (Wildman–Crippen LogP) is 5.40. The number of hydrogen-bond acceptors (Lipinski definition) is 3. The van der Waals surface area contributed by atoms with Gasteiger partial charge in [-0.2, -0.15) is 13.2 Å². The maximum Gasteiger partial charge on any atom is 0.419 e. The second-order valence-corrected chi connectivity index (χ2v) is 7.39. The molecule has 4 rings (SSSR count). The third-order valence-corrected chi connectivity index (χ3v) is 5.35. The van der Waals surface area contributed by atoms with Crippen LogP contribution >= 0.6 is 0 Å². The van der Waals surface area contributed by atoms with Gasteiger partial charge in [-0.25, -0.2) is 4.39 Å². The van der Waals surface area contributed by atoms with Crippen LogP contribution in [0.4, 0.5) is 17.6 Å². The standard InChI is InChI=1S/C22H20F4N2O/c1-13-2-3-14(18-6-7-27-12-19(13)18)11-28-15-8-17(9-15)29-16-4-5-21(23)20(10-16)22(24,25)26/h2-7,10,12,15,17,28H,8-9,11H2,1H3/t15-,17-. The number of aromatic nitrogens is 1. The van der Waals surface area contributed by atoms with Crippen LogP contribution < -0.4 is 10.1 Å². The third kappa shape index (κ3) is 4.19. The molecule has 0 atom stereocenters. The van der Waals surface area contributed by atoms with E-state index < -0.39 is 17.6 Å². The second kappa shape index (κ2) is 7.63. The van der Waals surface area contributed by atoms with Crippen molar-refractivity contribution in [2.24, 2.45) is 0 Å². The Hall–Kier alpha value is -2.67. The molecule has 1 saturated carbocycles. The highest BCUT2D eigenvalue weighted by Gasteiger charge is 2.35. The summed E-state index contributed by atoms with van der Waals surface area (Å²) >= 11 is 0. The molecule has 1 aromatic heterocycles. The minimum absolute atomic E-state index is 0.0409. The maximum absolute atomic E-state index is 13.4. The van der Waals surface area contributed by atoms with Crippen molar-refractivity contribution >= 4 is 10.8 Å². The summed E-state index contributed by atoms with van der Waals surface area (Å²) in [4.78, 5) is 4.18. The third-order valence-electron chi connectivity index (χ3n) is 5.35. The Bertz CT molecular complexity index is 1030. The van der Waals surface area contributed by atoms with Gasteiger partial charge in [-0.15, -0.1) is 0 Å². The molecule has 2 aromatic carbocycles. The fourth-order valence-corrected chi connectivity index (χ4v) is 3.62. The molecular formula is C22H20F4N2O. The van der Waals surface area contributed by atoms with Gasteiger partial charge in [-0.3, -0.25) is 4.98 Å². The average molecular weight is 404 g/mol. The first-order valence-electron chi connectivity index (χ1n) is 9.40. The Balaban J connectivity index is 1.33. The lowest BCUT2D eigenvalue weighted by Crippen LogP contribution is -2.46. The zero-order valence-corrected chi connectivity index (χ0v) is 15.8. The molecule has 1 heterocycles. The van der Waals surface area contributed by atoms with E-state index in [0.717, 1.165) is 22.9 Å². The molecule has 0 unspecified atom stereocenters. The summed E-state index contributed by atoms with van der Waals surface area (Å²) in [6.07, 6.45) is 0.0848. The topological polar surface area (TPSA) is 34.1 Å². The second-order valence-electron chi connectivity index (χ2n) is 7.39. The number of fused-ring (bicyclic) bond motifs is 1. The van der Waals surface area contributed by atoms with Gasteiger partial charge in [-0.05, 0) is 60.5 Å². The van der Waals surface area contributed by atoms with Crippen molar-refractivity contribution < 1.29 is 22.3 Å². The van der Waals surface area contributed by atoms with Crippen molar-refractivity contribution in [2.75, 3.05) is 0 Å². The van der Waals surface area contributed by atoms with E-state index in [2.05, 4.69) is 29.4 Å². The number of alkyl halides is 3. The van der Waals surface area contributed by atoms with Crippen LogP contribution in [-0.2, 0) is 12.7 Å². The molecule has 0 amide bonds. The molecular weight excluding hydrogens is 384 g/mol. The van der Waals surface area contributed by atoms with E-state index in [0.29, 0.717) is 19.4 Å². The number of pyridine rings is 1. The molecule has 3 nitrogen and oxygen atoms in total. The van der Waals surface area contributed by atoms with Crippen LogP contribution in [0.5, 0.6) is 5.75 Å². The Morgan fingerprint density at radius 2 is 1.90 bits per heavy atom. The summed E-state index contributed by atoms with van der Waals surface area (Å²) in [7, 11) is 0. The summed E-state index contributed by atoms with van der Waals surface area (Å²) in [5, 5.41) is 5.75. The fourth-order valence-electron chi connectivity index (χ4n) is 3.62. The van der Waals surface area contributed by atoms with Crippen LogP contribution in [0, 0.1) is 12.7 Å². The monoisotopic (exact) mass is 404 g/mol. The van der Waals surface area contributed by atoms with Gasteiger partial charge in [0.2, 0.25) is 0 Å². The number of nitrogens with zero attached hydrogens (tertiary/aromatic N) is 1. The molecule has 1 aliphatic carbocycles. The molecule has 152 valence electrons. The van der Waals surface area contributed by atoms with Crippen molar-refractivity contribution in [1.82, 2.24) is 10.3 Å². The van der Waals surface area contributed by atoms with Crippen molar-refractivity contribution in [3.63, 3.8) is 0 Å². The summed E-state index contributed by atoms with van der Waals surface area (Å²) < 4.78 is 57.4. The van der Waals surface area contributed by atoms with Crippen molar-refractivity contribution in [1.29, 1.82) is 0 Å². The maximum atomic E-state index is 13.4. The van der Waals surface area contributed by atoms with Gasteiger partial charge < -0.3 is 10.1 Å². The summed E-state index contributed by atoms with van der Waals surface area (Å²) in [6, 6.07) is 9.14. The molecule has 0 spiro atoms. The van der Waals surface area contributed by atoms with E-state index >= 15 is 0 Å². The van der Waals surface area contributed by atoms with Gasteiger partial charge in [0.1, 0.15) is 17.7 Å². The molecule has 1 N–H and O–H groups in total. The number of halogens is 4. The first-order valence-corrected chi connectivity index (χ1v) is 9.40. The first kappa shape index (κ1) is 19.6. The zero-order valence-electron chi connectivity index (χ0n) is 15.8. The lowest BCUT2D eigenvalue weighted by Gasteiger charge is -2.36. The van der Waals surface area contributed by atoms with Crippen LogP contribution in [-0.4, -0.2) is 17.1 Å². The zero-order chi connectivity index (χ0) is 20.6. The van der Waals surface area contributed by atoms with Crippen molar-refractivity contribution in [2.45, 2.75) is 44.6 Å². The van der Waals surface area contributed by atoms with Gasteiger partial charge in [0.15, 0.2) is 0 Å². The Kier molecular flexibility index (Phi) is 5.17. The molecule has 1 fully saturated rings. The minimum atomic E-state index is -4.74. The van der Waals surface area contributed by atoms with Crippen molar-refractivity contribution in [3.8, 4) is 5.75 Å². The highest BCUT2D eigenvalue weighted by Crippen LogP contribution is 2.35. The summed E-state index contributed by atoms with van der Waals surface area (Å²) in [5.74, 6) is -1.25. The Morgan fingerprint density at radius 3 is 2.66 bits per heavy atom. The van der Waals surface area contributed by atoms with Gasteiger partial charge in [0.25, 0.3) is 0 Å². The van der Waals surface area contributed by atoms with Gasteiger partial charge >= 0.3 is 6.18 Å². The van der Waals surface area contributed by atoms with E-state index in [1.807, 2.05) is 12.3 Å². The number of ether oxygens (including phenoxy) is 1. The summed E-state index contributed by atoms with van der Waals surface area (Å²) in [6.45, 7) is 2.74. The number of aryl methyl sites for hydroxylation is 1. The van der Waals surface area contributed by atoms with Crippen LogP contribution in [0.2, 0.25) is 0 Å². The molecule has 1 aliphatic rings. The van der Waals surface area contributed by atoms with Gasteiger partial charge in [0, 0.05) is 30.4 Å². The predicted molar refractivity (Wildman–Crippen MR) is 102 cm³/mol. The highest BCUT2D eigenvalue weighted by molar-refractivity contribution is 5.87. The fraction of sp³-hybridized carbons (Fsp3) is 0.318. The number of rotatable bonds is 5. The van der Waals surface area contributed by atoms with Crippen LogP contribution in [0.3, 0.4) is 0 Å². The molecule has 29 heavy (non-hydrogen) atoms. The van der Waals surface area contributed by atoms with Gasteiger partial charge in [0.05, 0.1) is 5.56 Å². The van der Waals surface area contributed by atoms with Crippen LogP contribution in [0.25, 0.3) is 10.8 Å². The quantitative estimate of drug-likeness (QED) is 0.578. The lowest BCUT2D eigenvalue weighted by molar-refractivity contribution is -0.140. The lowest BCUT2D eigenvalue weighted by atomic mass is 9.88. The van der Waals surface area contributed by atoms with E-state index in [1.165, 1.54) is 17.2 Å². The first-order chi connectivity index (χ1) is 13.8. The molecule has 0 saturated heterocycles. The smallest absolute Gasteiger partial charge is 0.419 e. The number of benzene rings is 2. The van der Waals surface area contributed by atoms with Gasteiger partial charge in [-0.1, -0.05) is 12.1 Å². The highest BCUT2D eigenvalue weighted by atomic mass is 19.4. The van der Waals surface area contributed by atoms with E-state index in [-0.39, 0.29) is 17.9 Å². The largest absolute Gasteiger partial charge is 0.490 e. The molecule has 0 bridgehead atoms. The van der Waals surface area contributed by atoms with E-state index in [4.69, 9.17) is 4.74 Å². The Labute approximate surface area is 165 Å². The van der Waals surface area contributed by atoms with E-state index in [1.54, 1.807) is 6.20 Å².